The SMILES string of the molecule is COc1ccc(NC(=O)NCc2cn(CC(=O)N3CCCCC3)c3ccc(OC)cc23)cc1. The van der Waals surface area contributed by atoms with Crippen LogP contribution in [0, 0.1) is 0 Å². The number of fused-ring (bicyclic) bond motifs is 1. The second-order valence-electron chi connectivity index (χ2n) is 8.14. The van der Waals surface area contributed by atoms with Crippen molar-refractivity contribution in [2.75, 3.05) is 32.6 Å². The predicted molar refractivity (Wildman–Crippen MR) is 128 cm³/mol. The van der Waals surface area contributed by atoms with E-state index in [1.54, 1.807) is 38.5 Å². The molecular weight excluding hydrogens is 420 g/mol. The first-order chi connectivity index (χ1) is 16.1. The number of nitrogens with zero attached hydrogens (tertiary/aromatic N) is 2. The van der Waals surface area contributed by atoms with Crippen LogP contribution in [0.15, 0.2) is 48.7 Å². The first-order valence-electron chi connectivity index (χ1n) is 11.2. The molecule has 1 saturated heterocycles. The number of carbonyl (C=O) groups is 2. The minimum atomic E-state index is -0.312. The zero-order valence-electron chi connectivity index (χ0n) is 19.1. The number of anilines is 1. The van der Waals surface area contributed by atoms with E-state index in [9.17, 15) is 9.59 Å². The quantitative estimate of drug-likeness (QED) is 0.570. The maximum Gasteiger partial charge on any atom is 0.319 e. The van der Waals surface area contributed by atoms with Crippen LogP contribution in [0.5, 0.6) is 11.5 Å². The number of benzene rings is 2. The summed E-state index contributed by atoms with van der Waals surface area (Å²) in [6.07, 6.45) is 5.26. The third-order valence-corrected chi connectivity index (χ3v) is 5.97. The lowest BCUT2D eigenvalue weighted by Gasteiger charge is -2.27. The summed E-state index contributed by atoms with van der Waals surface area (Å²) in [7, 11) is 3.22. The molecule has 4 rings (SSSR count). The van der Waals surface area contributed by atoms with Gasteiger partial charge in [0.1, 0.15) is 18.0 Å². The van der Waals surface area contributed by atoms with Crippen LogP contribution in [-0.4, -0.2) is 48.7 Å². The molecule has 0 radical (unpaired) electrons. The normalized spacial score (nSPS) is 13.6. The number of nitrogens with one attached hydrogen (secondary N) is 2. The zero-order valence-corrected chi connectivity index (χ0v) is 19.1. The number of hydrogen-bond donors (Lipinski definition) is 2. The fraction of sp³-hybridized carbons (Fsp3) is 0.360. The van der Waals surface area contributed by atoms with E-state index >= 15 is 0 Å². The molecule has 0 spiro atoms. The van der Waals surface area contributed by atoms with Gasteiger partial charge in [0.05, 0.1) is 14.2 Å². The maximum absolute atomic E-state index is 12.9. The zero-order chi connectivity index (χ0) is 23.2. The summed E-state index contributed by atoms with van der Waals surface area (Å²) < 4.78 is 12.5. The molecule has 0 unspecified atom stereocenters. The molecule has 174 valence electrons. The minimum Gasteiger partial charge on any atom is -0.497 e. The first kappa shape index (κ1) is 22.5. The van der Waals surface area contributed by atoms with Crippen molar-refractivity contribution in [3.05, 3.63) is 54.2 Å². The summed E-state index contributed by atoms with van der Waals surface area (Å²) >= 11 is 0. The molecule has 33 heavy (non-hydrogen) atoms. The largest absolute Gasteiger partial charge is 0.497 e. The number of likely N-dealkylation sites (tertiary alicyclic amines) is 1. The molecule has 8 nitrogen and oxygen atoms in total. The number of amides is 3. The number of piperidine rings is 1. The number of hydrogen-bond acceptors (Lipinski definition) is 4. The van der Waals surface area contributed by atoms with E-state index in [1.165, 1.54) is 6.42 Å². The van der Waals surface area contributed by atoms with Crippen LogP contribution in [0.4, 0.5) is 10.5 Å². The van der Waals surface area contributed by atoms with Crippen LogP contribution in [0.25, 0.3) is 10.9 Å². The Hall–Kier alpha value is -3.68. The van der Waals surface area contributed by atoms with E-state index < -0.39 is 0 Å². The van der Waals surface area contributed by atoms with Crippen molar-refractivity contribution in [2.24, 2.45) is 0 Å². The van der Waals surface area contributed by atoms with E-state index in [-0.39, 0.29) is 18.5 Å². The Morgan fingerprint density at radius 2 is 1.64 bits per heavy atom. The molecule has 1 fully saturated rings. The Morgan fingerprint density at radius 1 is 0.939 bits per heavy atom. The van der Waals surface area contributed by atoms with Gasteiger partial charge < -0.3 is 29.6 Å². The summed E-state index contributed by atoms with van der Waals surface area (Å²) in [6, 6.07) is 12.6. The van der Waals surface area contributed by atoms with Crippen molar-refractivity contribution >= 4 is 28.5 Å². The highest BCUT2D eigenvalue weighted by Gasteiger charge is 2.19. The molecule has 0 aliphatic carbocycles. The number of rotatable bonds is 7. The van der Waals surface area contributed by atoms with Crippen molar-refractivity contribution in [2.45, 2.75) is 32.4 Å². The van der Waals surface area contributed by atoms with Crippen LogP contribution < -0.4 is 20.1 Å². The molecule has 1 aliphatic rings. The van der Waals surface area contributed by atoms with Gasteiger partial charge in [-0.15, -0.1) is 0 Å². The lowest BCUT2D eigenvalue weighted by molar-refractivity contribution is -0.132. The van der Waals surface area contributed by atoms with Gasteiger partial charge in [0.2, 0.25) is 5.91 Å². The van der Waals surface area contributed by atoms with Crippen molar-refractivity contribution < 1.29 is 19.1 Å². The maximum atomic E-state index is 12.9. The molecule has 1 aliphatic heterocycles. The van der Waals surface area contributed by atoms with Crippen LogP contribution in [0.3, 0.4) is 0 Å². The Balaban J connectivity index is 1.48. The smallest absolute Gasteiger partial charge is 0.319 e. The van der Waals surface area contributed by atoms with E-state index in [0.717, 1.165) is 53.9 Å². The van der Waals surface area contributed by atoms with E-state index in [0.29, 0.717) is 12.2 Å². The van der Waals surface area contributed by atoms with Crippen molar-refractivity contribution in [1.29, 1.82) is 0 Å². The summed E-state index contributed by atoms with van der Waals surface area (Å²) in [5.74, 6) is 1.58. The topological polar surface area (TPSA) is 84.8 Å². The van der Waals surface area contributed by atoms with Gasteiger partial charge in [0.25, 0.3) is 0 Å². The molecule has 3 aromatic rings. The molecular formula is C25H30N4O4. The highest BCUT2D eigenvalue weighted by atomic mass is 16.5. The van der Waals surface area contributed by atoms with Crippen LogP contribution in [-0.2, 0) is 17.9 Å². The van der Waals surface area contributed by atoms with Crippen LogP contribution in [0.2, 0.25) is 0 Å². The second kappa shape index (κ2) is 10.3. The van der Waals surface area contributed by atoms with E-state index in [4.69, 9.17) is 9.47 Å². The Bertz CT molecular complexity index is 1120. The molecule has 0 bridgehead atoms. The third-order valence-electron chi connectivity index (χ3n) is 5.97. The Labute approximate surface area is 193 Å². The monoisotopic (exact) mass is 450 g/mol. The highest BCUT2D eigenvalue weighted by Crippen LogP contribution is 2.26. The van der Waals surface area contributed by atoms with Gasteiger partial charge in [-0.25, -0.2) is 4.79 Å². The van der Waals surface area contributed by atoms with Gasteiger partial charge in [-0.1, -0.05) is 0 Å². The number of ether oxygens (including phenoxy) is 2. The van der Waals surface area contributed by atoms with E-state index in [1.807, 2.05) is 33.9 Å². The molecule has 1 aromatic heterocycles. The molecule has 2 aromatic carbocycles. The summed E-state index contributed by atoms with van der Waals surface area (Å²) in [6.45, 7) is 2.25. The fourth-order valence-electron chi connectivity index (χ4n) is 4.16. The third kappa shape index (κ3) is 5.39. The second-order valence-corrected chi connectivity index (χ2v) is 8.14. The van der Waals surface area contributed by atoms with Crippen LogP contribution in [0.1, 0.15) is 24.8 Å². The van der Waals surface area contributed by atoms with Gasteiger partial charge in [-0.2, -0.15) is 0 Å². The Kier molecular flexibility index (Phi) is 7.02. The number of aromatic nitrogens is 1. The summed E-state index contributed by atoms with van der Waals surface area (Å²) in [4.78, 5) is 27.2. The molecule has 2 heterocycles. The van der Waals surface area contributed by atoms with Crippen molar-refractivity contribution in [1.82, 2.24) is 14.8 Å². The number of carbonyl (C=O) groups excluding carboxylic acids is 2. The molecule has 2 N–H and O–H groups in total. The predicted octanol–water partition coefficient (Wildman–Crippen LogP) is 3.99. The van der Waals surface area contributed by atoms with Gasteiger partial charge in [0.15, 0.2) is 0 Å². The number of urea groups is 1. The van der Waals surface area contributed by atoms with Gasteiger partial charge in [-0.05, 0) is 67.3 Å². The van der Waals surface area contributed by atoms with E-state index in [2.05, 4.69) is 10.6 Å². The summed E-state index contributed by atoms with van der Waals surface area (Å²) in [5, 5.41) is 6.67. The fourth-order valence-corrected chi connectivity index (χ4v) is 4.16. The lowest BCUT2D eigenvalue weighted by Crippen LogP contribution is -2.37. The summed E-state index contributed by atoms with van der Waals surface area (Å²) in [5.41, 5.74) is 2.53. The standard InChI is InChI=1S/C25H30N4O4/c1-32-20-8-6-19(7-9-20)27-25(31)26-15-18-16-29(17-24(30)28-12-4-3-5-13-28)23-11-10-21(33-2)14-22(18)23/h6-11,14,16H,3-5,12-13,15,17H2,1-2H3,(H2,26,27,31). The molecule has 0 atom stereocenters. The molecule has 8 heteroatoms. The first-order valence-corrected chi connectivity index (χ1v) is 11.2. The van der Waals surface area contributed by atoms with Crippen molar-refractivity contribution in [3.63, 3.8) is 0 Å². The van der Waals surface area contributed by atoms with Gasteiger partial charge in [0, 0.05) is 42.4 Å². The average molecular weight is 451 g/mol. The van der Waals surface area contributed by atoms with Crippen molar-refractivity contribution in [3.8, 4) is 11.5 Å². The molecule has 3 amide bonds. The highest BCUT2D eigenvalue weighted by molar-refractivity contribution is 5.91. The number of methoxy groups -OCH3 is 2. The average Bonchev–Trinajstić information content (AvgIpc) is 3.20. The van der Waals surface area contributed by atoms with Gasteiger partial charge >= 0.3 is 6.03 Å². The van der Waals surface area contributed by atoms with Crippen LogP contribution >= 0.6 is 0 Å². The lowest BCUT2D eigenvalue weighted by atomic mass is 10.1. The molecule has 0 saturated carbocycles. The van der Waals surface area contributed by atoms with Gasteiger partial charge in [-0.3, -0.25) is 4.79 Å². The Morgan fingerprint density at radius 3 is 2.33 bits per heavy atom. The minimum absolute atomic E-state index is 0.124.